The minimum atomic E-state index is 0.0210. The monoisotopic (exact) mass is 273 g/mol. The SMILES string of the molecule is [B]c1c(C)cc(N(CCOCCCC)C(C)=O)cc1C. The Balaban J connectivity index is 2.74. The zero-order chi connectivity index (χ0) is 15.1. The molecule has 0 aromatic heterocycles. The zero-order valence-corrected chi connectivity index (χ0v) is 13.0. The van der Waals surface area contributed by atoms with Crippen molar-refractivity contribution >= 4 is 24.9 Å². The molecule has 0 fully saturated rings. The van der Waals surface area contributed by atoms with Crippen LogP contribution >= 0.6 is 0 Å². The predicted molar refractivity (Wildman–Crippen MR) is 85.1 cm³/mol. The second-order valence-electron chi connectivity index (χ2n) is 5.13. The van der Waals surface area contributed by atoms with Crippen LogP contribution in [0, 0.1) is 13.8 Å². The molecule has 1 rings (SSSR count). The van der Waals surface area contributed by atoms with Gasteiger partial charge in [-0.25, -0.2) is 0 Å². The maximum atomic E-state index is 11.8. The van der Waals surface area contributed by atoms with Crippen LogP contribution in [0.1, 0.15) is 37.8 Å². The minimum Gasteiger partial charge on any atom is -0.380 e. The van der Waals surface area contributed by atoms with E-state index < -0.39 is 0 Å². The first-order chi connectivity index (χ1) is 9.47. The molecule has 0 aliphatic rings. The molecule has 0 spiro atoms. The summed E-state index contributed by atoms with van der Waals surface area (Å²) in [4.78, 5) is 13.6. The van der Waals surface area contributed by atoms with Gasteiger partial charge in [-0.2, -0.15) is 0 Å². The highest BCUT2D eigenvalue weighted by atomic mass is 16.5. The summed E-state index contributed by atoms with van der Waals surface area (Å²) < 4.78 is 5.54. The molecule has 1 aromatic carbocycles. The summed E-state index contributed by atoms with van der Waals surface area (Å²) >= 11 is 0. The van der Waals surface area contributed by atoms with Crippen molar-refractivity contribution in [1.82, 2.24) is 0 Å². The molecule has 0 saturated carbocycles. The molecular formula is C16H24BNO2. The molecule has 0 saturated heterocycles. The van der Waals surface area contributed by atoms with E-state index in [1.54, 1.807) is 11.8 Å². The lowest BCUT2D eigenvalue weighted by Crippen LogP contribution is -2.32. The van der Waals surface area contributed by atoms with Gasteiger partial charge >= 0.3 is 0 Å². The van der Waals surface area contributed by atoms with E-state index in [9.17, 15) is 4.79 Å². The molecule has 0 aliphatic heterocycles. The molecule has 2 radical (unpaired) electrons. The van der Waals surface area contributed by atoms with Gasteiger partial charge in [-0.3, -0.25) is 4.79 Å². The van der Waals surface area contributed by atoms with Crippen molar-refractivity contribution in [3.05, 3.63) is 23.3 Å². The van der Waals surface area contributed by atoms with Gasteiger partial charge < -0.3 is 9.64 Å². The predicted octanol–water partition coefficient (Wildman–Crippen LogP) is 2.27. The fourth-order valence-corrected chi connectivity index (χ4v) is 2.08. The van der Waals surface area contributed by atoms with Crippen LogP contribution in [0.3, 0.4) is 0 Å². The highest BCUT2D eigenvalue weighted by molar-refractivity contribution is 6.34. The van der Waals surface area contributed by atoms with Crippen molar-refractivity contribution in [3.8, 4) is 0 Å². The first-order valence-corrected chi connectivity index (χ1v) is 7.20. The molecule has 1 aromatic rings. The van der Waals surface area contributed by atoms with E-state index in [1.807, 2.05) is 26.0 Å². The number of carbonyl (C=O) groups excluding carboxylic acids is 1. The summed E-state index contributed by atoms with van der Waals surface area (Å²) in [5.41, 5.74) is 3.67. The maximum absolute atomic E-state index is 11.8. The molecule has 3 nitrogen and oxygen atoms in total. The third-order valence-electron chi connectivity index (χ3n) is 3.37. The molecule has 0 N–H and O–H groups in total. The molecule has 0 aliphatic carbocycles. The lowest BCUT2D eigenvalue weighted by molar-refractivity contribution is -0.116. The van der Waals surface area contributed by atoms with Gasteiger partial charge in [-0.15, -0.1) is 0 Å². The summed E-state index contributed by atoms with van der Waals surface area (Å²) in [6.45, 7) is 9.51. The van der Waals surface area contributed by atoms with Crippen molar-refractivity contribution in [3.63, 3.8) is 0 Å². The van der Waals surface area contributed by atoms with Crippen LogP contribution in [-0.4, -0.2) is 33.5 Å². The van der Waals surface area contributed by atoms with Crippen LogP contribution in [0.5, 0.6) is 0 Å². The van der Waals surface area contributed by atoms with Crippen LogP contribution < -0.4 is 10.4 Å². The van der Waals surface area contributed by atoms with Crippen molar-refractivity contribution in [1.29, 1.82) is 0 Å². The zero-order valence-electron chi connectivity index (χ0n) is 13.0. The molecule has 0 atom stereocenters. The Labute approximate surface area is 123 Å². The molecule has 20 heavy (non-hydrogen) atoms. The molecule has 108 valence electrons. The lowest BCUT2D eigenvalue weighted by Gasteiger charge is -2.23. The number of anilines is 1. The second-order valence-corrected chi connectivity index (χ2v) is 5.13. The van der Waals surface area contributed by atoms with E-state index in [4.69, 9.17) is 12.6 Å². The molecule has 0 bridgehead atoms. The first kappa shape index (κ1) is 16.8. The van der Waals surface area contributed by atoms with Crippen molar-refractivity contribution in [2.24, 2.45) is 0 Å². The number of rotatable bonds is 7. The number of benzene rings is 1. The number of nitrogens with zero attached hydrogens (tertiary/aromatic N) is 1. The van der Waals surface area contributed by atoms with Gasteiger partial charge in [-0.05, 0) is 32.4 Å². The number of aryl methyl sites for hydroxylation is 2. The topological polar surface area (TPSA) is 29.5 Å². The molecular weight excluding hydrogens is 249 g/mol. The van der Waals surface area contributed by atoms with Gasteiger partial charge in [0.15, 0.2) is 0 Å². The van der Waals surface area contributed by atoms with Gasteiger partial charge in [0.25, 0.3) is 0 Å². The standard InChI is InChI=1S/C16H24BNO2/c1-5-6-8-20-9-7-18(14(4)19)15-10-12(2)16(17)13(3)11-15/h10-11H,5-9H2,1-4H3. The molecule has 1 amide bonds. The maximum Gasteiger partial charge on any atom is 0.223 e. The van der Waals surface area contributed by atoms with Crippen molar-refractivity contribution in [2.75, 3.05) is 24.7 Å². The van der Waals surface area contributed by atoms with Crippen molar-refractivity contribution in [2.45, 2.75) is 40.5 Å². The van der Waals surface area contributed by atoms with Crippen LogP contribution in [0.2, 0.25) is 0 Å². The largest absolute Gasteiger partial charge is 0.380 e. The number of hydrogen-bond acceptors (Lipinski definition) is 2. The van der Waals surface area contributed by atoms with Gasteiger partial charge in [0, 0.05) is 25.8 Å². The van der Waals surface area contributed by atoms with Crippen LogP contribution in [0.4, 0.5) is 5.69 Å². The smallest absolute Gasteiger partial charge is 0.223 e. The molecule has 4 heteroatoms. The quantitative estimate of drug-likeness (QED) is 0.563. The Hall–Kier alpha value is -1.29. The number of carbonyl (C=O) groups is 1. The highest BCUT2D eigenvalue weighted by Gasteiger charge is 2.13. The highest BCUT2D eigenvalue weighted by Crippen LogP contribution is 2.17. The van der Waals surface area contributed by atoms with E-state index >= 15 is 0 Å². The lowest BCUT2D eigenvalue weighted by atomic mass is 9.86. The fraction of sp³-hybridized carbons (Fsp3) is 0.562. The fourth-order valence-electron chi connectivity index (χ4n) is 2.08. The number of unbranched alkanes of at least 4 members (excludes halogenated alkanes) is 1. The van der Waals surface area contributed by atoms with Crippen LogP contribution in [0.25, 0.3) is 0 Å². The Morgan fingerprint density at radius 1 is 1.25 bits per heavy atom. The number of amides is 1. The normalized spacial score (nSPS) is 10.6. The van der Waals surface area contributed by atoms with Gasteiger partial charge in [0.05, 0.1) is 6.61 Å². The van der Waals surface area contributed by atoms with Gasteiger partial charge in [0.2, 0.25) is 5.91 Å². The van der Waals surface area contributed by atoms with Crippen molar-refractivity contribution < 1.29 is 9.53 Å². The Morgan fingerprint density at radius 2 is 1.85 bits per heavy atom. The van der Waals surface area contributed by atoms with E-state index in [2.05, 4.69) is 6.92 Å². The van der Waals surface area contributed by atoms with Crippen LogP contribution in [0.15, 0.2) is 12.1 Å². The average Bonchev–Trinajstić information content (AvgIpc) is 2.39. The molecule has 0 heterocycles. The third kappa shape index (κ3) is 4.67. The Kier molecular flexibility index (Phi) is 6.79. The minimum absolute atomic E-state index is 0.0210. The number of ether oxygens (including phenoxy) is 1. The molecule has 0 unspecified atom stereocenters. The Bertz CT molecular complexity index is 437. The third-order valence-corrected chi connectivity index (χ3v) is 3.37. The summed E-state index contributed by atoms with van der Waals surface area (Å²) in [5.74, 6) is 0.0210. The first-order valence-electron chi connectivity index (χ1n) is 7.20. The second kappa shape index (κ2) is 8.10. The van der Waals surface area contributed by atoms with E-state index in [1.165, 1.54) is 0 Å². The van der Waals surface area contributed by atoms with Crippen LogP contribution in [-0.2, 0) is 9.53 Å². The summed E-state index contributed by atoms with van der Waals surface area (Å²) in [6.07, 6.45) is 2.17. The van der Waals surface area contributed by atoms with E-state index in [-0.39, 0.29) is 5.91 Å². The van der Waals surface area contributed by atoms with E-state index in [0.717, 1.165) is 41.7 Å². The summed E-state index contributed by atoms with van der Waals surface area (Å²) in [7, 11) is 5.95. The van der Waals surface area contributed by atoms with Gasteiger partial charge in [0.1, 0.15) is 7.85 Å². The van der Waals surface area contributed by atoms with Gasteiger partial charge in [-0.1, -0.05) is 29.9 Å². The van der Waals surface area contributed by atoms with E-state index in [0.29, 0.717) is 13.2 Å². The summed E-state index contributed by atoms with van der Waals surface area (Å²) in [5, 5.41) is 0. The summed E-state index contributed by atoms with van der Waals surface area (Å²) in [6, 6.07) is 3.91. The average molecular weight is 273 g/mol. The number of hydrogen-bond donors (Lipinski definition) is 0. The Morgan fingerprint density at radius 3 is 2.35 bits per heavy atom.